The van der Waals surface area contributed by atoms with Crippen LogP contribution in [0.2, 0.25) is 0 Å². The number of nitrogens with zero attached hydrogens (tertiary/aromatic N) is 5. The molecule has 1 aromatic heterocycles. The van der Waals surface area contributed by atoms with E-state index in [1.54, 1.807) is 24.3 Å². The predicted octanol–water partition coefficient (Wildman–Crippen LogP) is 3.36. The average Bonchev–Trinajstić information content (AvgIpc) is 3.73. The molecule has 1 saturated carbocycles. The number of H-pyrrole nitrogens is 1. The van der Waals surface area contributed by atoms with Crippen LogP contribution in [0.5, 0.6) is 0 Å². The third-order valence-electron chi connectivity index (χ3n) is 9.78. The first-order chi connectivity index (χ1) is 26.1. The smallest absolute Gasteiger partial charge is 0.404 e. The van der Waals surface area contributed by atoms with E-state index in [9.17, 15) is 19.2 Å². The molecule has 4 aromatic rings. The number of amides is 4. The summed E-state index contributed by atoms with van der Waals surface area (Å²) in [5.74, 6) is -0.160. The summed E-state index contributed by atoms with van der Waals surface area (Å²) in [6, 6.07) is 21.6. The molecule has 1 atom stereocenters. The number of carbonyl (C=O) groups is 5. The van der Waals surface area contributed by atoms with Crippen LogP contribution in [0.3, 0.4) is 0 Å². The van der Waals surface area contributed by atoms with Gasteiger partial charge in [0.15, 0.2) is 0 Å². The maximum Gasteiger partial charge on any atom is 0.404 e. The normalized spacial score (nSPS) is 17.6. The van der Waals surface area contributed by atoms with Gasteiger partial charge >= 0.3 is 6.09 Å². The van der Waals surface area contributed by atoms with Crippen molar-refractivity contribution >= 4 is 36.0 Å². The summed E-state index contributed by atoms with van der Waals surface area (Å²) in [5.41, 5.74) is 4.66. The average molecular weight is 740 g/mol. The summed E-state index contributed by atoms with van der Waals surface area (Å²) in [6.07, 6.45) is 1.91. The number of benzene rings is 3. The second kappa shape index (κ2) is 19.1. The number of nitrogens with one attached hydrogen (secondary N) is 4. The highest BCUT2D eigenvalue weighted by molar-refractivity contribution is 5.98. The van der Waals surface area contributed by atoms with Crippen molar-refractivity contribution in [2.24, 2.45) is 11.8 Å². The van der Waals surface area contributed by atoms with Gasteiger partial charge in [-0.2, -0.15) is 5.21 Å². The number of likely N-dealkylation sites (N-methyl/N-ethyl adjacent to an activating group) is 1. The number of hydrogen-bond donors (Lipinski definition) is 6. The molecule has 6 N–H and O–H groups in total. The van der Waals surface area contributed by atoms with E-state index in [1.165, 1.54) is 0 Å². The third-order valence-corrected chi connectivity index (χ3v) is 9.78. The molecule has 0 unspecified atom stereocenters. The van der Waals surface area contributed by atoms with Gasteiger partial charge in [-0.3, -0.25) is 19.2 Å². The molecule has 16 nitrogen and oxygen atoms in total. The minimum atomic E-state index is -1.05. The molecule has 0 spiro atoms. The molecule has 16 heteroatoms. The van der Waals surface area contributed by atoms with Gasteiger partial charge in [0.1, 0.15) is 6.04 Å². The zero-order valence-corrected chi connectivity index (χ0v) is 30.0. The van der Waals surface area contributed by atoms with Crippen LogP contribution in [0, 0.1) is 11.8 Å². The van der Waals surface area contributed by atoms with Crippen molar-refractivity contribution in [3.63, 3.8) is 0 Å². The zero-order chi connectivity index (χ0) is 38.5. The molecule has 2 heterocycles. The minimum absolute atomic E-state index is 0.0287. The maximum atomic E-state index is 13.7. The fraction of sp³-hybridized carbons (Fsp3) is 0.368. The summed E-state index contributed by atoms with van der Waals surface area (Å²) in [5, 5.41) is 38.2. The Morgan fingerprint density at radius 2 is 1.57 bits per heavy atom. The SMILES string of the molecule is CN1CCN(C(=O)c2cccc(-c3ccc(C[C@H](NC(=O)C4CCC(CNC(=O)O)CC4)C(=O)Nc4ccc(-c5nn[nH]n5)cc4)cc3)c2)CC1.O=CO. The molecule has 2 fully saturated rings. The Morgan fingerprint density at radius 3 is 2.20 bits per heavy atom. The van der Waals surface area contributed by atoms with E-state index in [0.717, 1.165) is 48.2 Å². The number of aromatic amines is 1. The topological polar surface area (TPSA) is 223 Å². The van der Waals surface area contributed by atoms with Crippen LogP contribution in [0.15, 0.2) is 72.8 Å². The van der Waals surface area contributed by atoms with Crippen molar-refractivity contribution in [2.45, 2.75) is 38.1 Å². The van der Waals surface area contributed by atoms with E-state index >= 15 is 0 Å². The monoisotopic (exact) mass is 739 g/mol. The molecule has 54 heavy (non-hydrogen) atoms. The highest BCUT2D eigenvalue weighted by Gasteiger charge is 2.30. The Kier molecular flexibility index (Phi) is 13.8. The lowest BCUT2D eigenvalue weighted by Crippen LogP contribution is -2.48. The molecule has 284 valence electrons. The molecule has 2 aliphatic rings. The number of piperazine rings is 1. The number of aromatic nitrogens is 4. The number of carboxylic acid groups (broad SMARTS) is 2. The number of hydrogen-bond acceptors (Lipinski definition) is 9. The zero-order valence-electron chi connectivity index (χ0n) is 30.0. The summed E-state index contributed by atoms with van der Waals surface area (Å²) >= 11 is 0. The molecule has 0 radical (unpaired) electrons. The first-order valence-corrected chi connectivity index (χ1v) is 17.8. The van der Waals surface area contributed by atoms with Gasteiger partial charge < -0.3 is 36.0 Å². The molecular weight excluding hydrogens is 694 g/mol. The molecule has 3 aromatic carbocycles. The largest absolute Gasteiger partial charge is 0.483 e. The van der Waals surface area contributed by atoms with Gasteiger partial charge in [0.2, 0.25) is 17.6 Å². The first-order valence-electron chi connectivity index (χ1n) is 17.8. The van der Waals surface area contributed by atoms with Crippen molar-refractivity contribution in [1.29, 1.82) is 0 Å². The Bertz CT molecular complexity index is 1850. The fourth-order valence-electron chi connectivity index (χ4n) is 6.67. The minimum Gasteiger partial charge on any atom is -0.483 e. The van der Waals surface area contributed by atoms with Crippen molar-refractivity contribution in [3.05, 3.63) is 83.9 Å². The molecular formula is C38H45N9O7. The lowest BCUT2D eigenvalue weighted by molar-refractivity contribution is -0.130. The van der Waals surface area contributed by atoms with Gasteiger partial charge in [0.25, 0.3) is 12.4 Å². The molecule has 0 bridgehead atoms. The highest BCUT2D eigenvalue weighted by Crippen LogP contribution is 2.29. The van der Waals surface area contributed by atoms with E-state index in [1.807, 2.05) is 53.4 Å². The Balaban J connectivity index is 0.00000181. The molecule has 1 aliphatic heterocycles. The fourth-order valence-corrected chi connectivity index (χ4v) is 6.67. The van der Waals surface area contributed by atoms with Crippen LogP contribution in [-0.4, -0.2) is 117 Å². The molecule has 1 saturated heterocycles. The van der Waals surface area contributed by atoms with Gasteiger partial charge in [0.05, 0.1) is 0 Å². The van der Waals surface area contributed by atoms with E-state index in [-0.39, 0.29) is 42.5 Å². The van der Waals surface area contributed by atoms with Crippen LogP contribution in [-0.2, 0) is 20.8 Å². The molecule has 1 aliphatic carbocycles. The van der Waals surface area contributed by atoms with Crippen LogP contribution < -0.4 is 16.0 Å². The van der Waals surface area contributed by atoms with E-state index in [0.29, 0.717) is 49.6 Å². The number of rotatable bonds is 11. The van der Waals surface area contributed by atoms with Crippen LogP contribution in [0.4, 0.5) is 10.5 Å². The Hall–Kier alpha value is -6.16. The van der Waals surface area contributed by atoms with Crippen LogP contribution >= 0.6 is 0 Å². The second-order valence-corrected chi connectivity index (χ2v) is 13.4. The Morgan fingerprint density at radius 1 is 0.907 bits per heavy atom. The maximum absolute atomic E-state index is 13.7. The van der Waals surface area contributed by atoms with Crippen LogP contribution in [0.25, 0.3) is 22.5 Å². The van der Waals surface area contributed by atoms with E-state index in [2.05, 4.69) is 48.5 Å². The summed E-state index contributed by atoms with van der Waals surface area (Å²) in [7, 11) is 2.06. The second-order valence-electron chi connectivity index (χ2n) is 13.4. The van der Waals surface area contributed by atoms with E-state index < -0.39 is 12.1 Å². The van der Waals surface area contributed by atoms with Gasteiger partial charge in [-0.05, 0) is 97.0 Å². The first kappa shape index (κ1) is 39.1. The van der Waals surface area contributed by atoms with Crippen LogP contribution in [0.1, 0.15) is 41.6 Å². The highest BCUT2D eigenvalue weighted by atomic mass is 16.4. The lowest BCUT2D eigenvalue weighted by atomic mass is 9.81. The van der Waals surface area contributed by atoms with E-state index in [4.69, 9.17) is 15.0 Å². The standard InChI is InChI=1S/C37H43N9O5.CH2O2/c1-45-17-19-46(20-18-45)36(49)30-4-2-3-29(22-30)26-9-5-24(6-10-26)21-32(40-34(47)28-11-7-25(8-12-28)23-38-37(50)51)35(48)39-31-15-13-27(14-16-31)33-41-43-44-42-33;2-1-3/h2-6,9-10,13-16,22,25,28,32,38H,7-8,11-12,17-21,23H2,1H3,(H,39,48)(H,40,47)(H,50,51)(H,41,42,43,44);1H,(H,2,3)/t25?,28?,32-;/m0./s1. The number of anilines is 1. The Labute approximate surface area is 312 Å². The molecule has 4 amide bonds. The molecule has 6 rings (SSSR count). The number of carbonyl (C=O) groups excluding carboxylic acids is 3. The van der Waals surface area contributed by atoms with Gasteiger partial charge in [0, 0.05) is 61.9 Å². The number of tetrazole rings is 1. The van der Waals surface area contributed by atoms with Crippen molar-refractivity contribution in [2.75, 3.05) is 45.1 Å². The van der Waals surface area contributed by atoms with Crippen molar-refractivity contribution < 1.29 is 34.2 Å². The third kappa shape index (κ3) is 10.9. The van der Waals surface area contributed by atoms with Crippen molar-refractivity contribution in [1.82, 2.24) is 41.1 Å². The summed E-state index contributed by atoms with van der Waals surface area (Å²) in [6.45, 7) is 3.24. The summed E-state index contributed by atoms with van der Waals surface area (Å²) in [4.78, 5) is 63.8. The van der Waals surface area contributed by atoms with Gasteiger partial charge in [-0.1, -0.05) is 36.4 Å². The quantitative estimate of drug-likeness (QED) is 0.122. The summed E-state index contributed by atoms with van der Waals surface area (Å²) < 4.78 is 0. The van der Waals surface area contributed by atoms with Gasteiger partial charge in [-0.25, -0.2) is 4.79 Å². The van der Waals surface area contributed by atoms with Gasteiger partial charge in [-0.15, -0.1) is 10.2 Å². The predicted molar refractivity (Wildman–Crippen MR) is 199 cm³/mol. The van der Waals surface area contributed by atoms with Crippen molar-refractivity contribution in [3.8, 4) is 22.5 Å². The lowest BCUT2D eigenvalue weighted by Gasteiger charge is -2.32.